The van der Waals surface area contributed by atoms with Crippen molar-refractivity contribution in [1.82, 2.24) is 9.55 Å². The van der Waals surface area contributed by atoms with Crippen LogP contribution in [0.5, 0.6) is 0 Å². The molecule has 1 saturated heterocycles. The van der Waals surface area contributed by atoms with Crippen molar-refractivity contribution in [3.8, 4) is 0 Å². The summed E-state index contributed by atoms with van der Waals surface area (Å²) in [5.74, 6) is 1.41. The number of hydrogen-bond donors (Lipinski definition) is 0. The standard InChI is InChI=1S/C13H21N3O3S/c1-9(2)15(3)10-5-6-16(13(17)14-10)11-8-20-12(19-11)7-18-4/h5-6,9,11-12H,7-8H2,1-4H3/t11-,12+/m1/s1. The van der Waals surface area contributed by atoms with Crippen molar-refractivity contribution in [3.05, 3.63) is 22.7 Å². The summed E-state index contributed by atoms with van der Waals surface area (Å²) >= 11 is 1.65. The first-order chi connectivity index (χ1) is 9.52. The third-order valence-electron chi connectivity index (χ3n) is 3.30. The number of anilines is 1. The summed E-state index contributed by atoms with van der Waals surface area (Å²) in [6, 6.07) is 2.14. The Morgan fingerprint density at radius 3 is 3.00 bits per heavy atom. The van der Waals surface area contributed by atoms with E-state index in [9.17, 15) is 4.79 Å². The fourth-order valence-corrected chi connectivity index (χ4v) is 2.95. The number of nitrogens with zero attached hydrogens (tertiary/aromatic N) is 3. The summed E-state index contributed by atoms with van der Waals surface area (Å²) in [5, 5.41) is 0. The van der Waals surface area contributed by atoms with Crippen LogP contribution >= 0.6 is 11.8 Å². The second kappa shape index (κ2) is 6.60. The molecule has 0 amide bonds. The number of methoxy groups -OCH3 is 1. The zero-order valence-electron chi connectivity index (χ0n) is 12.3. The topological polar surface area (TPSA) is 56.6 Å². The van der Waals surface area contributed by atoms with Gasteiger partial charge in [0.05, 0.1) is 6.61 Å². The van der Waals surface area contributed by atoms with Gasteiger partial charge < -0.3 is 14.4 Å². The Morgan fingerprint density at radius 1 is 1.65 bits per heavy atom. The molecule has 0 spiro atoms. The lowest BCUT2D eigenvalue weighted by molar-refractivity contribution is -0.0152. The summed E-state index contributed by atoms with van der Waals surface area (Å²) in [7, 11) is 3.56. The maximum atomic E-state index is 12.1. The minimum atomic E-state index is -0.279. The van der Waals surface area contributed by atoms with E-state index in [1.54, 1.807) is 29.6 Å². The Balaban J connectivity index is 2.13. The lowest BCUT2D eigenvalue weighted by Gasteiger charge is -2.23. The van der Waals surface area contributed by atoms with E-state index >= 15 is 0 Å². The predicted molar refractivity (Wildman–Crippen MR) is 80.3 cm³/mol. The first-order valence-corrected chi connectivity index (χ1v) is 7.66. The Bertz CT molecular complexity index is 506. The number of rotatable bonds is 5. The molecule has 0 radical (unpaired) electrons. The van der Waals surface area contributed by atoms with Gasteiger partial charge in [-0.3, -0.25) is 4.57 Å². The van der Waals surface area contributed by atoms with Crippen molar-refractivity contribution < 1.29 is 9.47 Å². The van der Waals surface area contributed by atoms with Gasteiger partial charge in [0.2, 0.25) is 0 Å². The van der Waals surface area contributed by atoms with Crippen molar-refractivity contribution in [2.75, 3.05) is 31.4 Å². The average Bonchev–Trinajstić information content (AvgIpc) is 2.86. The second-order valence-corrected chi connectivity index (χ2v) is 6.18. The highest BCUT2D eigenvalue weighted by molar-refractivity contribution is 8.00. The van der Waals surface area contributed by atoms with Gasteiger partial charge in [0.15, 0.2) is 0 Å². The molecule has 0 saturated carbocycles. The second-order valence-electron chi connectivity index (χ2n) is 4.99. The van der Waals surface area contributed by atoms with Gasteiger partial charge in [0.25, 0.3) is 0 Å². The van der Waals surface area contributed by atoms with Gasteiger partial charge >= 0.3 is 5.69 Å². The molecule has 20 heavy (non-hydrogen) atoms. The summed E-state index contributed by atoms with van der Waals surface area (Å²) in [6.45, 7) is 4.63. The van der Waals surface area contributed by atoms with Crippen molar-refractivity contribution in [3.63, 3.8) is 0 Å². The van der Waals surface area contributed by atoms with Crippen molar-refractivity contribution in [2.24, 2.45) is 0 Å². The van der Waals surface area contributed by atoms with Gasteiger partial charge in [0, 0.05) is 32.1 Å². The molecule has 6 nitrogen and oxygen atoms in total. The van der Waals surface area contributed by atoms with Gasteiger partial charge in [-0.2, -0.15) is 4.98 Å². The summed E-state index contributed by atoms with van der Waals surface area (Å²) < 4.78 is 12.4. The Kier molecular flexibility index (Phi) is 5.06. The van der Waals surface area contributed by atoms with Crippen LogP contribution in [0, 0.1) is 0 Å². The molecule has 1 aromatic heterocycles. The number of ether oxygens (including phenoxy) is 2. The monoisotopic (exact) mass is 299 g/mol. The molecule has 7 heteroatoms. The third kappa shape index (κ3) is 3.34. The van der Waals surface area contributed by atoms with Crippen LogP contribution in [0.3, 0.4) is 0 Å². The molecule has 1 aliphatic heterocycles. The van der Waals surface area contributed by atoms with Gasteiger partial charge in [-0.1, -0.05) is 0 Å². The van der Waals surface area contributed by atoms with Crippen LogP contribution in [-0.4, -0.2) is 47.5 Å². The molecule has 1 aromatic rings. The quantitative estimate of drug-likeness (QED) is 0.817. The first-order valence-electron chi connectivity index (χ1n) is 6.61. The van der Waals surface area contributed by atoms with Crippen LogP contribution < -0.4 is 10.6 Å². The van der Waals surface area contributed by atoms with E-state index in [4.69, 9.17) is 9.47 Å². The molecule has 0 bridgehead atoms. The number of hydrogen-bond acceptors (Lipinski definition) is 6. The Labute approximate surface area is 123 Å². The Morgan fingerprint density at radius 2 is 2.40 bits per heavy atom. The molecule has 1 aliphatic rings. The van der Waals surface area contributed by atoms with E-state index in [1.165, 1.54) is 0 Å². The van der Waals surface area contributed by atoms with E-state index in [2.05, 4.69) is 18.8 Å². The lowest BCUT2D eigenvalue weighted by Crippen LogP contribution is -2.33. The van der Waals surface area contributed by atoms with Gasteiger partial charge in [-0.05, 0) is 19.9 Å². The molecular formula is C13H21N3O3S. The van der Waals surface area contributed by atoms with E-state index in [0.29, 0.717) is 18.5 Å². The highest BCUT2D eigenvalue weighted by atomic mass is 32.2. The number of thioether (sulfide) groups is 1. The van der Waals surface area contributed by atoms with Crippen LogP contribution in [0.4, 0.5) is 5.82 Å². The molecule has 2 atom stereocenters. The smallest absolute Gasteiger partial charge is 0.351 e. The van der Waals surface area contributed by atoms with Crippen LogP contribution in [0.2, 0.25) is 0 Å². The maximum Gasteiger partial charge on any atom is 0.351 e. The highest BCUT2D eigenvalue weighted by Gasteiger charge is 2.28. The normalized spacial score (nSPS) is 22.4. The minimum absolute atomic E-state index is 0.0186. The fraction of sp³-hybridized carbons (Fsp3) is 0.692. The molecule has 2 rings (SSSR count). The van der Waals surface area contributed by atoms with Crippen molar-refractivity contribution in [1.29, 1.82) is 0 Å². The van der Waals surface area contributed by atoms with Crippen LogP contribution in [-0.2, 0) is 9.47 Å². The lowest BCUT2D eigenvalue weighted by atomic mass is 10.3. The molecule has 0 N–H and O–H groups in total. The zero-order chi connectivity index (χ0) is 14.7. The minimum Gasteiger partial charge on any atom is -0.381 e. The largest absolute Gasteiger partial charge is 0.381 e. The summed E-state index contributed by atoms with van der Waals surface area (Å²) in [4.78, 5) is 18.2. The van der Waals surface area contributed by atoms with Crippen molar-refractivity contribution in [2.45, 2.75) is 31.6 Å². The highest BCUT2D eigenvalue weighted by Crippen LogP contribution is 2.30. The van der Waals surface area contributed by atoms with Gasteiger partial charge in [0.1, 0.15) is 17.5 Å². The molecular weight excluding hydrogens is 278 g/mol. The first kappa shape index (κ1) is 15.3. The Hall–Kier alpha value is -1.05. The van der Waals surface area contributed by atoms with Crippen LogP contribution in [0.15, 0.2) is 17.1 Å². The average molecular weight is 299 g/mol. The van der Waals surface area contributed by atoms with E-state index in [0.717, 1.165) is 5.75 Å². The zero-order valence-corrected chi connectivity index (χ0v) is 13.1. The van der Waals surface area contributed by atoms with E-state index < -0.39 is 0 Å². The predicted octanol–water partition coefficient (Wildman–Crippen LogP) is 1.32. The van der Waals surface area contributed by atoms with E-state index in [1.807, 2.05) is 18.0 Å². The SMILES string of the molecule is COC[C@H]1O[C@@H](n2ccc(N(C)C(C)C)nc2=O)CS1. The molecule has 112 valence electrons. The molecule has 0 unspecified atom stereocenters. The summed E-state index contributed by atoms with van der Waals surface area (Å²) in [5.41, 5.74) is -0.298. The molecule has 0 aliphatic carbocycles. The molecule has 1 fully saturated rings. The maximum absolute atomic E-state index is 12.1. The van der Waals surface area contributed by atoms with Crippen LogP contribution in [0.25, 0.3) is 0 Å². The molecule has 0 aromatic carbocycles. The van der Waals surface area contributed by atoms with E-state index in [-0.39, 0.29) is 17.4 Å². The number of aromatic nitrogens is 2. The van der Waals surface area contributed by atoms with Gasteiger partial charge in [-0.25, -0.2) is 4.79 Å². The summed E-state index contributed by atoms with van der Waals surface area (Å²) in [6.07, 6.45) is 1.49. The van der Waals surface area contributed by atoms with Crippen LogP contribution in [0.1, 0.15) is 20.1 Å². The third-order valence-corrected chi connectivity index (χ3v) is 4.39. The molecule has 2 heterocycles. The van der Waals surface area contributed by atoms with Crippen molar-refractivity contribution >= 4 is 17.6 Å². The van der Waals surface area contributed by atoms with Gasteiger partial charge in [-0.15, -0.1) is 11.8 Å². The fourth-order valence-electron chi connectivity index (χ4n) is 1.90.